The van der Waals surface area contributed by atoms with Crippen molar-refractivity contribution in [2.75, 3.05) is 26.2 Å². The van der Waals surface area contributed by atoms with Crippen LogP contribution in [0.2, 0.25) is 0 Å². The van der Waals surface area contributed by atoms with Crippen molar-refractivity contribution in [1.29, 1.82) is 0 Å². The zero-order chi connectivity index (χ0) is 12.4. The SMILES string of the molecule is CC1CNCCCN(C2CC2c2ccccc2)C1. The molecule has 0 radical (unpaired) electrons. The van der Waals surface area contributed by atoms with Gasteiger partial charge in [-0.15, -0.1) is 0 Å². The molecule has 0 bridgehead atoms. The highest BCUT2D eigenvalue weighted by Crippen LogP contribution is 2.44. The van der Waals surface area contributed by atoms with Crippen LogP contribution in [0, 0.1) is 5.92 Å². The van der Waals surface area contributed by atoms with E-state index in [4.69, 9.17) is 0 Å². The van der Waals surface area contributed by atoms with Crippen LogP contribution >= 0.6 is 0 Å². The van der Waals surface area contributed by atoms with Crippen LogP contribution in [-0.4, -0.2) is 37.1 Å². The fourth-order valence-corrected chi connectivity index (χ4v) is 3.26. The molecule has 2 nitrogen and oxygen atoms in total. The molecule has 1 N–H and O–H groups in total. The topological polar surface area (TPSA) is 15.3 Å². The van der Waals surface area contributed by atoms with Crippen LogP contribution in [0.1, 0.15) is 31.2 Å². The highest BCUT2D eigenvalue weighted by atomic mass is 15.2. The lowest BCUT2D eigenvalue weighted by Crippen LogP contribution is -2.40. The predicted octanol–water partition coefficient (Wildman–Crippen LogP) is 2.47. The van der Waals surface area contributed by atoms with E-state index in [-0.39, 0.29) is 0 Å². The van der Waals surface area contributed by atoms with Gasteiger partial charge in [-0.2, -0.15) is 0 Å². The second kappa shape index (κ2) is 5.41. The maximum atomic E-state index is 3.53. The maximum Gasteiger partial charge on any atom is 0.0171 e. The largest absolute Gasteiger partial charge is 0.316 e. The first-order valence-corrected chi connectivity index (χ1v) is 7.34. The molecule has 1 saturated heterocycles. The molecule has 2 heteroatoms. The van der Waals surface area contributed by atoms with E-state index in [1.165, 1.54) is 44.6 Å². The van der Waals surface area contributed by atoms with Crippen molar-refractivity contribution >= 4 is 0 Å². The van der Waals surface area contributed by atoms with Gasteiger partial charge in [-0.3, -0.25) is 4.90 Å². The Hall–Kier alpha value is -0.860. The second-order valence-corrected chi connectivity index (χ2v) is 5.98. The maximum absolute atomic E-state index is 3.53. The Kier molecular flexibility index (Phi) is 3.67. The van der Waals surface area contributed by atoms with Crippen LogP contribution in [0.15, 0.2) is 30.3 Å². The summed E-state index contributed by atoms with van der Waals surface area (Å²) < 4.78 is 0. The standard InChI is InChI=1S/C16H24N2/c1-13-11-17-8-5-9-18(12-13)16-10-15(16)14-6-3-2-4-7-14/h2-4,6-7,13,15-17H,5,8-12H2,1H3. The third kappa shape index (κ3) is 2.76. The van der Waals surface area contributed by atoms with Crippen LogP contribution in [0.25, 0.3) is 0 Å². The summed E-state index contributed by atoms with van der Waals surface area (Å²) in [6.45, 7) is 7.26. The van der Waals surface area contributed by atoms with E-state index in [9.17, 15) is 0 Å². The zero-order valence-corrected chi connectivity index (χ0v) is 11.3. The van der Waals surface area contributed by atoms with Crippen molar-refractivity contribution < 1.29 is 0 Å². The monoisotopic (exact) mass is 244 g/mol. The van der Waals surface area contributed by atoms with Crippen LogP contribution in [-0.2, 0) is 0 Å². The Morgan fingerprint density at radius 1 is 1.22 bits per heavy atom. The minimum absolute atomic E-state index is 0.780. The van der Waals surface area contributed by atoms with Gasteiger partial charge in [0.05, 0.1) is 0 Å². The molecule has 3 atom stereocenters. The molecule has 1 aromatic rings. The Labute approximate surface area is 110 Å². The molecule has 3 unspecified atom stereocenters. The lowest BCUT2D eigenvalue weighted by atomic mass is 10.1. The van der Waals surface area contributed by atoms with Gasteiger partial charge >= 0.3 is 0 Å². The van der Waals surface area contributed by atoms with Gasteiger partial charge in [-0.25, -0.2) is 0 Å². The minimum atomic E-state index is 0.780. The second-order valence-electron chi connectivity index (χ2n) is 5.98. The zero-order valence-electron chi connectivity index (χ0n) is 11.3. The van der Waals surface area contributed by atoms with Crippen molar-refractivity contribution in [1.82, 2.24) is 10.2 Å². The average molecular weight is 244 g/mol. The average Bonchev–Trinajstić information content (AvgIpc) is 3.15. The summed E-state index contributed by atoms with van der Waals surface area (Å²) >= 11 is 0. The summed E-state index contributed by atoms with van der Waals surface area (Å²) in [7, 11) is 0. The molecule has 2 fully saturated rings. The molecule has 1 aromatic carbocycles. The molecule has 3 rings (SSSR count). The van der Waals surface area contributed by atoms with Gasteiger partial charge < -0.3 is 5.32 Å². The van der Waals surface area contributed by atoms with Gasteiger partial charge in [0.1, 0.15) is 0 Å². The molecule has 98 valence electrons. The molecule has 0 spiro atoms. The number of nitrogens with one attached hydrogen (secondary N) is 1. The predicted molar refractivity (Wildman–Crippen MR) is 75.8 cm³/mol. The molecular formula is C16H24N2. The first-order chi connectivity index (χ1) is 8.84. The van der Waals surface area contributed by atoms with E-state index in [0.29, 0.717) is 0 Å². The fourth-order valence-electron chi connectivity index (χ4n) is 3.26. The molecule has 1 aliphatic carbocycles. The molecule has 2 aliphatic rings. The van der Waals surface area contributed by atoms with Crippen molar-refractivity contribution in [3.8, 4) is 0 Å². The van der Waals surface area contributed by atoms with Crippen molar-refractivity contribution in [2.24, 2.45) is 5.92 Å². The Morgan fingerprint density at radius 2 is 2.06 bits per heavy atom. The molecule has 0 aromatic heterocycles. The number of nitrogens with zero attached hydrogens (tertiary/aromatic N) is 1. The first kappa shape index (κ1) is 12.2. The number of hydrogen-bond acceptors (Lipinski definition) is 2. The smallest absolute Gasteiger partial charge is 0.0171 e. The Bertz CT molecular complexity index is 376. The molecular weight excluding hydrogens is 220 g/mol. The van der Waals surface area contributed by atoms with Crippen molar-refractivity contribution in [2.45, 2.75) is 31.7 Å². The number of benzene rings is 1. The quantitative estimate of drug-likeness (QED) is 0.860. The summed E-state index contributed by atoms with van der Waals surface area (Å²) in [5.74, 6) is 1.58. The molecule has 1 saturated carbocycles. The minimum Gasteiger partial charge on any atom is -0.316 e. The van der Waals surface area contributed by atoms with Crippen LogP contribution < -0.4 is 5.32 Å². The molecule has 1 heterocycles. The van der Waals surface area contributed by atoms with E-state index in [2.05, 4.69) is 47.5 Å². The Morgan fingerprint density at radius 3 is 2.89 bits per heavy atom. The third-order valence-electron chi connectivity index (χ3n) is 4.29. The van der Waals surface area contributed by atoms with Gasteiger partial charge in [0.2, 0.25) is 0 Å². The third-order valence-corrected chi connectivity index (χ3v) is 4.29. The van der Waals surface area contributed by atoms with E-state index >= 15 is 0 Å². The first-order valence-electron chi connectivity index (χ1n) is 7.34. The van der Waals surface area contributed by atoms with E-state index in [1.54, 1.807) is 0 Å². The Balaban J connectivity index is 1.62. The summed E-state index contributed by atoms with van der Waals surface area (Å²) in [5, 5.41) is 3.53. The highest BCUT2D eigenvalue weighted by Gasteiger charge is 2.42. The fraction of sp³-hybridized carbons (Fsp3) is 0.625. The van der Waals surface area contributed by atoms with Gasteiger partial charge in [0.25, 0.3) is 0 Å². The van der Waals surface area contributed by atoms with Crippen molar-refractivity contribution in [3.63, 3.8) is 0 Å². The number of hydrogen-bond donors (Lipinski definition) is 1. The molecule has 1 aliphatic heterocycles. The van der Waals surface area contributed by atoms with E-state index in [0.717, 1.165) is 17.9 Å². The molecule has 18 heavy (non-hydrogen) atoms. The highest BCUT2D eigenvalue weighted by molar-refractivity contribution is 5.27. The summed E-state index contributed by atoms with van der Waals surface area (Å²) in [4.78, 5) is 2.74. The van der Waals surface area contributed by atoms with Gasteiger partial charge in [-0.1, -0.05) is 37.3 Å². The lowest BCUT2D eigenvalue weighted by Gasteiger charge is -2.29. The van der Waals surface area contributed by atoms with Crippen LogP contribution in [0.3, 0.4) is 0 Å². The molecule has 0 amide bonds. The van der Waals surface area contributed by atoms with Crippen molar-refractivity contribution in [3.05, 3.63) is 35.9 Å². The van der Waals surface area contributed by atoms with E-state index < -0.39 is 0 Å². The van der Waals surface area contributed by atoms with Crippen LogP contribution in [0.4, 0.5) is 0 Å². The number of rotatable bonds is 2. The summed E-state index contributed by atoms with van der Waals surface area (Å²) in [6.07, 6.45) is 2.66. The van der Waals surface area contributed by atoms with E-state index in [1.807, 2.05) is 0 Å². The lowest BCUT2D eigenvalue weighted by molar-refractivity contribution is 0.204. The normalized spacial score (nSPS) is 33.7. The van der Waals surface area contributed by atoms with Crippen LogP contribution in [0.5, 0.6) is 0 Å². The summed E-state index contributed by atoms with van der Waals surface area (Å²) in [6, 6.07) is 11.9. The van der Waals surface area contributed by atoms with Gasteiger partial charge in [-0.05, 0) is 44.0 Å². The summed E-state index contributed by atoms with van der Waals surface area (Å²) in [5.41, 5.74) is 1.54. The van der Waals surface area contributed by atoms with Gasteiger partial charge in [0, 0.05) is 18.5 Å². The van der Waals surface area contributed by atoms with Gasteiger partial charge in [0.15, 0.2) is 0 Å².